The van der Waals surface area contributed by atoms with Gasteiger partial charge in [-0.3, -0.25) is 14.6 Å². The Labute approximate surface area is 289 Å². The second-order valence-corrected chi connectivity index (χ2v) is 14.0. The summed E-state index contributed by atoms with van der Waals surface area (Å²) < 4.78 is 30.0. The summed E-state index contributed by atoms with van der Waals surface area (Å²) in [5.41, 5.74) is 4.67. The first-order valence-corrected chi connectivity index (χ1v) is 17.6. The molecule has 0 spiro atoms. The first-order valence-electron chi connectivity index (χ1n) is 17.6. The van der Waals surface area contributed by atoms with Crippen molar-refractivity contribution >= 4 is 21.9 Å². The first kappa shape index (κ1) is 36.9. The molecule has 2 N–H and O–H groups in total. The Morgan fingerprint density at radius 1 is 0.816 bits per heavy atom. The maximum Gasteiger partial charge on any atom is 0.204 e. The number of ether oxygens (including phenoxy) is 4. The SMILES string of the molecule is CC(C)=CCc1c(OCC(C)CN2CCOCC2)cc2oc3cc(OCC(O)CN4CCOCC4)c(C)c(CC=C(C)C)c3c(=O)c2c1O. The molecule has 10 nitrogen and oxygen atoms in total. The number of allylic oxidation sites excluding steroid dienone is 4. The van der Waals surface area contributed by atoms with Crippen LogP contribution in [0.15, 0.2) is 44.6 Å². The van der Waals surface area contributed by atoms with Gasteiger partial charge in [-0.1, -0.05) is 30.2 Å². The second kappa shape index (κ2) is 17.0. The minimum absolute atomic E-state index is 0.0960. The summed E-state index contributed by atoms with van der Waals surface area (Å²) in [6.07, 6.45) is 4.30. The van der Waals surface area contributed by atoms with Gasteiger partial charge in [-0.15, -0.1) is 0 Å². The van der Waals surface area contributed by atoms with E-state index in [1.54, 1.807) is 12.1 Å². The number of morpholine rings is 2. The summed E-state index contributed by atoms with van der Waals surface area (Å²) in [4.78, 5) is 18.9. The van der Waals surface area contributed by atoms with Gasteiger partial charge in [-0.2, -0.15) is 0 Å². The third kappa shape index (κ3) is 9.43. The number of hydrogen-bond donors (Lipinski definition) is 2. The molecule has 0 saturated carbocycles. The van der Waals surface area contributed by atoms with E-state index < -0.39 is 6.10 Å². The third-order valence-electron chi connectivity index (χ3n) is 9.27. The van der Waals surface area contributed by atoms with E-state index in [-0.39, 0.29) is 34.7 Å². The molecule has 2 fully saturated rings. The summed E-state index contributed by atoms with van der Waals surface area (Å²) in [6.45, 7) is 20.2. The normalized spacial score (nSPS) is 17.2. The lowest BCUT2D eigenvalue weighted by molar-refractivity contribution is 0.00460. The molecule has 2 aliphatic rings. The Kier molecular flexibility index (Phi) is 12.8. The molecule has 2 unspecified atom stereocenters. The van der Waals surface area contributed by atoms with Crippen LogP contribution in [-0.2, 0) is 22.3 Å². The van der Waals surface area contributed by atoms with Crippen LogP contribution in [0.25, 0.3) is 21.9 Å². The number of aromatic hydroxyl groups is 1. The highest BCUT2D eigenvalue weighted by molar-refractivity contribution is 5.97. The molecule has 0 bridgehead atoms. The summed E-state index contributed by atoms with van der Waals surface area (Å²) in [6, 6.07) is 3.48. The van der Waals surface area contributed by atoms with E-state index >= 15 is 0 Å². The van der Waals surface area contributed by atoms with Gasteiger partial charge in [-0.05, 0) is 58.6 Å². The molecular weight excluding hydrogens is 624 g/mol. The van der Waals surface area contributed by atoms with E-state index in [4.69, 9.17) is 23.4 Å². The fraction of sp³-hybridized carbons (Fsp3) is 0.564. The first-order chi connectivity index (χ1) is 23.5. The molecule has 2 aromatic carbocycles. The molecule has 0 radical (unpaired) electrons. The number of nitrogens with zero attached hydrogens (tertiary/aromatic N) is 2. The van der Waals surface area contributed by atoms with Crippen molar-refractivity contribution in [3.8, 4) is 17.2 Å². The van der Waals surface area contributed by atoms with Crippen LogP contribution in [0.5, 0.6) is 17.2 Å². The monoisotopic (exact) mass is 678 g/mol. The minimum atomic E-state index is -0.695. The van der Waals surface area contributed by atoms with Gasteiger partial charge in [0.25, 0.3) is 0 Å². The van der Waals surface area contributed by atoms with Gasteiger partial charge in [0.05, 0.1) is 38.4 Å². The number of phenolic OH excluding ortho intramolecular Hbond substituents is 1. The van der Waals surface area contributed by atoms with Crippen molar-refractivity contribution in [1.29, 1.82) is 0 Å². The predicted octanol–water partition coefficient (Wildman–Crippen LogP) is 5.40. The van der Waals surface area contributed by atoms with Crippen molar-refractivity contribution < 1.29 is 33.6 Å². The zero-order valence-corrected chi connectivity index (χ0v) is 30.1. The van der Waals surface area contributed by atoms with E-state index in [0.29, 0.717) is 67.2 Å². The van der Waals surface area contributed by atoms with Gasteiger partial charge in [0, 0.05) is 62.9 Å². The molecule has 0 aliphatic carbocycles. The number of aliphatic hydroxyl groups is 1. The molecule has 1 aromatic heterocycles. The maximum absolute atomic E-state index is 14.4. The van der Waals surface area contributed by atoms with Crippen molar-refractivity contribution in [2.45, 2.75) is 60.5 Å². The number of fused-ring (bicyclic) bond motifs is 2. The third-order valence-corrected chi connectivity index (χ3v) is 9.27. The standard InChI is InChI=1S/C39H54N2O8/c1-25(2)7-9-30-28(6)32(48-24-29(42)22-41-13-17-46-18-14-41)19-34-36(30)39(44)37-35(49-34)20-33(31(38(37)43)10-8-26(3)4)47-23-27(5)21-40-11-15-45-16-12-40/h7-8,19-20,27,29,42-43H,9-18,21-24H2,1-6H3. The molecule has 0 amide bonds. The minimum Gasteiger partial charge on any atom is -0.507 e. The molecule has 2 saturated heterocycles. The van der Waals surface area contributed by atoms with Crippen LogP contribution in [0.4, 0.5) is 0 Å². The molecule has 49 heavy (non-hydrogen) atoms. The molecular formula is C39H54N2O8. The van der Waals surface area contributed by atoms with E-state index in [0.717, 1.165) is 68.2 Å². The number of rotatable bonds is 14. The van der Waals surface area contributed by atoms with E-state index in [2.05, 4.69) is 22.8 Å². The van der Waals surface area contributed by atoms with Crippen LogP contribution in [0.1, 0.15) is 51.3 Å². The topological polar surface area (TPSA) is 114 Å². The van der Waals surface area contributed by atoms with Crippen molar-refractivity contribution in [3.05, 3.63) is 62.3 Å². The van der Waals surface area contributed by atoms with Gasteiger partial charge in [0.15, 0.2) is 0 Å². The molecule has 10 heteroatoms. The summed E-state index contributed by atoms with van der Waals surface area (Å²) in [5, 5.41) is 23.1. The largest absolute Gasteiger partial charge is 0.507 e. The van der Waals surface area contributed by atoms with E-state index in [1.807, 2.05) is 40.7 Å². The summed E-state index contributed by atoms with van der Waals surface area (Å²) in [5.74, 6) is 1.16. The molecule has 5 rings (SSSR count). The number of hydrogen-bond acceptors (Lipinski definition) is 10. The number of aliphatic hydroxyl groups excluding tert-OH is 1. The van der Waals surface area contributed by atoms with Crippen molar-refractivity contribution in [2.24, 2.45) is 5.92 Å². The number of benzene rings is 2. The molecule has 2 atom stereocenters. The van der Waals surface area contributed by atoms with Crippen molar-refractivity contribution in [1.82, 2.24) is 9.80 Å². The Hall–Kier alpha value is -3.41. The molecule has 3 aromatic rings. The molecule has 3 heterocycles. The van der Waals surface area contributed by atoms with Gasteiger partial charge in [0.1, 0.15) is 46.5 Å². The van der Waals surface area contributed by atoms with Crippen LogP contribution < -0.4 is 14.9 Å². The predicted molar refractivity (Wildman–Crippen MR) is 193 cm³/mol. The summed E-state index contributed by atoms with van der Waals surface area (Å²) >= 11 is 0. The van der Waals surface area contributed by atoms with Gasteiger partial charge in [-0.25, -0.2) is 0 Å². The Bertz CT molecular complexity index is 1710. The Morgan fingerprint density at radius 3 is 1.96 bits per heavy atom. The van der Waals surface area contributed by atoms with E-state index in [1.165, 1.54) is 0 Å². The van der Waals surface area contributed by atoms with Crippen LogP contribution >= 0.6 is 0 Å². The number of β-amino-alcohol motifs (C(OH)–C–C–N with tert-alkyl or cyclic N) is 1. The highest BCUT2D eigenvalue weighted by Crippen LogP contribution is 2.39. The lowest BCUT2D eigenvalue weighted by Gasteiger charge is -2.29. The average Bonchev–Trinajstić information content (AvgIpc) is 3.06. The lowest BCUT2D eigenvalue weighted by Crippen LogP contribution is -2.42. The molecule has 268 valence electrons. The van der Waals surface area contributed by atoms with Gasteiger partial charge in [0.2, 0.25) is 5.43 Å². The second-order valence-electron chi connectivity index (χ2n) is 14.0. The lowest BCUT2D eigenvalue weighted by atomic mass is 9.96. The Morgan fingerprint density at radius 2 is 1.35 bits per heavy atom. The highest BCUT2D eigenvalue weighted by Gasteiger charge is 2.24. The molecule has 2 aliphatic heterocycles. The zero-order valence-electron chi connectivity index (χ0n) is 30.1. The van der Waals surface area contributed by atoms with E-state index in [9.17, 15) is 15.0 Å². The maximum atomic E-state index is 14.4. The van der Waals surface area contributed by atoms with Crippen molar-refractivity contribution in [3.63, 3.8) is 0 Å². The van der Waals surface area contributed by atoms with Crippen molar-refractivity contribution in [2.75, 3.05) is 78.9 Å². The van der Waals surface area contributed by atoms with Crippen LogP contribution in [0.2, 0.25) is 0 Å². The highest BCUT2D eigenvalue weighted by atomic mass is 16.5. The fourth-order valence-electron chi connectivity index (χ4n) is 6.49. The number of phenols is 1. The zero-order chi connectivity index (χ0) is 35.1. The quantitative estimate of drug-likeness (QED) is 0.170. The Balaban J connectivity index is 1.53. The average molecular weight is 679 g/mol. The summed E-state index contributed by atoms with van der Waals surface area (Å²) in [7, 11) is 0. The fourth-order valence-corrected chi connectivity index (χ4v) is 6.49. The van der Waals surface area contributed by atoms with Crippen LogP contribution in [0, 0.1) is 12.8 Å². The van der Waals surface area contributed by atoms with Crippen LogP contribution in [0.3, 0.4) is 0 Å². The van der Waals surface area contributed by atoms with Gasteiger partial charge >= 0.3 is 0 Å². The van der Waals surface area contributed by atoms with Crippen LogP contribution in [-0.4, -0.2) is 105 Å². The smallest absolute Gasteiger partial charge is 0.204 e. The van der Waals surface area contributed by atoms with Gasteiger partial charge < -0.3 is 33.6 Å².